The molecule has 0 unspecified atom stereocenters. The average Bonchev–Trinajstić information content (AvgIpc) is 2.72. The first-order chi connectivity index (χ1) is 13.9. The highest BCUT2D eigenvalue weighted by molar-refractivity contribution is 7.92. The van der Waals surface area contributed by atoms with Gasteiger partial charge in [-0.1, -0.05) is 47.7 Å². The fraction of sp³-hybridized carbons (Fsp3) is 0.158. The number of ether oxygens (including phenoxy) is 1. The van der Waals surface area contributed by atoms with Crippen LogP contribution < -0.4 is 10.3 Å². The molecule has 0 aliphatic heterocycles. The number of rotatable bonds is 7. The molecule has 1 aromatic heterocycles. The number of sulfonamides is 1. The predicted octanol–water partition coefficient (Wildman–Crippen LogP) is 1.27. The van der Waals surface area contributed by atoms with E-state index in [0.717, 1.165) is 10.1 Å². The van der Waals surface area contributed by atoms with Crippen LogP contribution in [0, 0.1) is 0 Å². The first-order valence-corrected chi connectivity index (χ1v) is 10.1. The van der Waals surface area contributed by atoms with Gasteiger partial charge >= 0.3 is 5.97 Å². The molecule has 0 aliphatic carbocycles. The summed E-state index contributed by atoms with van der Waals surface area (Å²) < 4.78 is 32.3. The van der Waals surface area contributed by atoms with Crippen LogP contribution >= 0.6 is 0 Å². The maximum atomic E-state index is 12.3. The van der Waals surface area contributed by atoms with Gasteiger partial charge in [-0.25, -0.2) is 8.42 Å². The van der Waals surface area contributed by atoms with Crippen LogP contribution in [0.3, 0.4) is 0 Å². The average molecular weight is 414 g/mol. The third-order valence-electron chi connectivity index (χ3n) is 3.89. The highest BCUT2D eigenvalue weighted by Gasteiger charge is 2.20. The molecule has 29 heavy (non-hydrogen) atoms. The molecule has 1 heterocycles. The van der Waals surface area contributed by atoms with Gasteiger partial charge in [-0.15, -0.1) is 5.10 Å². The highest BCUT2D eigenvalue weighted by Crippen LogP contribution is 2.05. The van der Waals surface area contributed by atoms with Crippen molar-refractivity contribution in [3.05, 3.63) is 75.9 Å². The molecule has 150 valence electrons. The number of benzene rings is 2. The third kappa shape index (κ3) is 5.33. The van der Waals surface area contributed by atoms with Crippen molar-refractivity contribution in [3.63, 3.8) is 0 Å². The van der Waals surface area contributed by atoms with E-state index in [9.17, 15) is 18.0 Å². The van der Waals surface area contributed by atoms with E-state index >= 15 is 0 Å². The summed E-state index contributed by atoms with van der Waals surface area (Å²) in [6.45, 7) is 0.854. The Morgan fingerprint density at radius 2 is 1.86 bits per heavy atom. The molecule has 0 saturated heterocycles. The number of hydrogen-bond donors (Lipinski definition) is 1. The number of fused-ring (bicyclic) bond motifs is 1. The highest BCUT2D eigenvalue weighted by atomic mass is 32.2. The SMILES string of the molecule is C[C@H](NS(=O)(=O)/C=C/c1ccccc1)C(=O)OCn1nnc2ccccc2c1=O. The first-order valence-electron chi connectivity index (χ1n) is 8.60. The zero-order chi connectivity index (χ0) is 20.9. The summed E-state index contributed by atoms with van der Waals surface area (Å²) >= 11 is 0. The van der Waals surface area contributed by atoms with Crippen LogP contribution in [0.2, 0.25) is 0 Å². The number of esters is 1. The normalized spacial score (nSPS) is 12.9. The van der Waals surface area contributed by atoms with Gasteiger partial charge in [-0.3, -0.25) is 9.59 Å². The Balaban J connectivity index is 1.61. The van der Waals surface area contributed by atoms with Gasteiger partial charge < -0.3 is 4.74 Å². The molecule has 3 rings (SSSR count). The maximum absolute atomic E-state index is 12.3. The van der Waals surface area contributed by atoms with Crippen LogP contribution in [0.25, 0.3) is 17.0 Å². The molecule has 9 nitrogen and oxygen atoms in total. The third-order valence-corrected chi connectivity index (χ3v) is 5.07. The van der Waals surface area contributed by atoms with E-state index in [1.807, 2.05) is 6.07 Å². The van der Waals surface area contributed by atoms with Gasteiger partial charge in [0, 0.05) is 5.41 Å². The van der Waals surface area contributed by atoms with E-state index in [1.165, 1.54) is 13.0 Å². The summed E-state index contributed by atoms with van der Waals surface area (Å²) in [5, 5.41) is 8.88. The smallest absolute Gasteiger partial charge is 0.325 e. The largest absolute Gasteiger partial charge is 0.441 e. The molecule has 0 bridgehead atoms. The molecule has 0 spiro atoms. The van der Waals surface area contributed by atoms with Gasteiger partial charge in [0.25, 0.3) is 5.56 Å². The monoisotopic (exact) mass is 414 g/mol. The van der Waals surface area contributed by atoms with Gasteiger partial charge in [-0.05, 0) is 30.7 Å². The quantitative estimate of drug-likeness (QED) is 0.578. The lowest BCUT2D eigenvalue weighted by Gasteiger charge is -2.12. The van der Waals surface area contributed by atoms with Crippen molar-refractivity contribution >= 4 is 33.0 Å². The number of carbonyl (C=O) groups is 1. The molecule has 0 aliphatic rings. The van der Waals surface area contributed by atoms with Crippen LogP contribution in [0.1, 0.15) is 12.5 Å². The fourth-order valence-electron chi connectivity index (χ4n) is 2.42. The van der Waals surface area contributed by atoms with E-state index in [1.54, 1.807) is 48.5 Å². The summed E-state index contributed by atoms with van der Waals surface area (Å²) in [7, 11) is -3.87. The summed E-state index contributed by atoms with van der Waals surface area (Å²) in [6, 6.07) is 14.3. The zero-order valence-electron chi connectivity index (χ0n) is 15.4. The number of carbonyl (C=O) groups excluding carboxylic acids is 1. The predicted molar refractivity (Wildman–Crippen MR) is 107 cm³/mol. The minimum atomic E-state index is -3.87. The Labute approximate surface area is 166 Å². The van der Waals surface area contributed by atoms with Crippen LogP contribution in [-0.4, -0.2) is 35.4 Å². The minimum Gasteiger partial charge on any atom is -0.441 e. The van der Waals surface area contributed by atoms with Crippen molar-refractivity contribution in [1.29, 1.82) is 0 Å². The van der Waals surface area contributed by atoms with Gasteiger partial charge in [0.15, 0.2) is 6.73 Å². The van der Waals surface area contributed by atoms with Crippen molar-refractivity contribution in [2.45, 2.75) is 19.7 Å². The second kappa shape index (κ2) is 8.76. The Hall–Kier alpha value is -3.37. The molecular formula is C19H18N4O5S. The van der Waals surface area contributed by atoms with Crippen molar-refractivity contribution in [2.24, 2.45) is 0 Å². The lowest BCUT2D eigenvalue weighted by Crippen LogP contribution is -2.39. The van der Waals surface area contributed by atoms with E-state index < -0.39 is 34.3 Å². The molecule has 2 aromatic carbocycles. The van der Waals surface area contributed by atoms with Gasteiger partial charge in [-0.2, -0.15) is 9.40 Å². The van der Waals surface area contributed by atoms with Crippen LogP contribution in [-0.2, 0) is 26.3 Å². The molecule has 1 N–H and O–H groups in total. The summed E-state index contributed by atoms with van der Waals surface area (Å²) in [5.74, 6) is -0.858. The Bertz CT molecular complexity index is 1210. The van der Waals surface area contributed by atoms with E-state index in [-0.39, 0.29) is 0 Å². The minimum absolute atomic E-state index is 0.332. The molecule has 0 fully saturated rings. The number of nitrogens with zero attached hydrogens (tertiary/aromatic N) is 3. The number of nitrogens with one attached hydrogen (secondary N) is 1. The van der Waals surface area contributed by atoms with Crippen molar-refractivity contribution < 1.29 is 17.9 Å². The second-order valence-corrected chi connectivity index (χ2v) is 7.70. The molecule has 0 amide bonds. The lowest BCUT2D eigenvalue weighted by atomic mass is 10.2. The number of aromatic nitrogens is 3. The lowest BCUT2D eigenvalue weighted by molar-refractivity contribution is -0.149. The summed E-state index contributed by atoms with van der Waals surface area (Å²) in [4.78, 5) is 24.4. The van der Waals surface area contributed by atoms with E-state index in [2.05, 4.69) is 15.0 Å². The van der Waals surface area contributed by atoms with E-state index in [0.29, 0.717) is 16.5 Å². The fourth-order valence-corrected chi connectivity index (χ4v) is 3.43. The Kier molecular flexibility index (Phi) is 6.15. The van der Waals surface area contributed by atoms with E-state index in [4.69, 9.17) is 4.74 Å². The van der Waals surface area contributed by atoms with Gasteiger partial charge in [0.2, 0.25) is 10.0 Å². The van der Waals surface area contributed by atoms with Crippen LogP contribution in [0.4, 0.5) is 0 Å². The number of hydrogen-bond acceptors (Lipinski definition) is 7. The van der Waals surface area contributed by atoms with Crippen LogP contribution in [0.5, 0.6) is 0 Å². The standard InChI is InChI=1S/C19H18N4O5S/c1-14(21-29(26,27)12-11-15-7-3-2-4-8-15)19(25)28-13-23-18(24)16-9-5-6-10-17(16)20-22-23/h2-12,14,21H,13H2,1H3/b12-11+/t14-/m0/s1. The topological polar surface area (TPSA) is 120 Å². The molecule has 10 heteroatoms. The zero-order valence-corrected chi connectivity index (χ0v) is 16.2. The molecule has 0 radical (unpaired) electrons. The maximum Gasteiger partial charge on any atom is 0.325 e. The summed E-state index contributed by atoms with van der Waals surface area (Å²) in [6.07, 6.45) is 1.41. The van der Waals surface area contributed by atoms with Gasteiger partial charge in [0.1, 0.15) is 11.6 Å². The van der Waals surface area contributed by atoms with Crippen molar-refractivity contribution in [1.82, 2.24) is 19.7 Å². The molecule has 1 atom stereocenters. The van der Waals surface area contributed by atoms with Crippen molar-refractivity contribution in [2.75, 3.05) is 0 Å². The molecule has 0 saturated carbocycles. The first kappa shape index (κ1) is 20.4. The molecule has 3 aromatic rings. The Morgan fingerprint density at radius 3 is 2.62 bits per heavy atom. The van der Waals surface area contributed by atoms with Gasteiger partial charge in [0.05, 0.1) is 5.39 Å². The molecular weight excluding hydrogens is 396 g/mol. The second-order valence-electron chi connectivity index (χ2n) is 6.10. The summed E-state index contributed by atoms with van der Waals surface area (Å²) in [5.41, 5.74) is 0.649. The van der Waals surface area contributed by atoms with Crippen molar-refractivity contribution in [3.8, 4) is 0 Å². The Morgan fingerprint density at radius 1 is 1.17 bits per heavy atom. The van der Waals surface area contributed by atoms with Crippen LogP contribution in [0.15, 0.2) is 64.8 Å².